The van der Waals surface area contributed by atoms with E-state index in [4.69, 9.17) is 4.74 Å². The molecule has 0 aliphatic rings. The summed E-state index contributed by atoms with van der Waals surface area (Å²) >= 11 is 3.29. The maximum atomic E-state index is 12.2. The number of carbonyl (C=O) groups excluding carboxylic acids is 1. The van der Waals surface area contributed by atoms with Crippen LogP contribution in [0.3, 0.4) is 0 Å². The fourth-order valence-electron chi connectivity index (χ4n) is 1.82. The highest BCUT2D eigenvalue weighted by Gasteiger charge is 2.23. The summed E-state index contributed by atoms with van der Waals surface area (Å²) in [4.78, 5) is 22.5. The van der Waals surface area contributed by atoms with Gasteiger partial charge in [0.2, 0.25) is 0 Å². The number of hydrogen-bond donors (Lipinski definition) is 0. The molecular formula is C13H14BrN3O4. The number of aromatic nitrogens is 2. The third kappa shape index (κ3) is 3.21. The first kappa shape index (κ1) is 15.4. The van der Waals surface area contributed by atoms with Crippen LogP contribution in [0.5, 0.6) is 0 Å². The summed E-state index contributed by atoms with van der Waals surface area (Å²) in [6, 6.07) is 4.28. The van der Waals surface area contributed by atoms with Gasteiger partial charge in [0, 0.05) is 22.8 Å². The van der Waals surface area contributed by atoms with Crippen LogP contribution in [0.4, 0.5) is 10.5 Å². The molecule has 2 aromatic rings. The van der Waals surface area contributed by atoms with Gasteiger partial charge in [-0.25, -0.2) is 4.79 Å². The first-order valence-corrected chi connectivity index (χ1v) is 7.30. The molecule has 8 heteroatoms. The minimum atomic E-state index is -0.676. The molecule has 0 N–H and O–H groups in total. The Morgan fingerprint density at radius 3 is 2.67 bits per heavy atom. The SMILES string of the molecule is CC(C)(C)OC(=O)n1nc(CBr)c2ccc([N+](=O)[O-])cc21. The second-order valence-corrected chi connectivity index (χ2v) is 5.99. The lowest BCUT2D eigenvalue weighted by molar-refractivity contribution is -0.384. The lowest BCUT2D eigenvalue weighted by Gasteiger charge is -2.19. The number of carbonyl (C=O) groups is 1. The summed E-state index contributed by atoms with van der Waals surface area (Å²) in [6.45, 7) is 5.22. The molecular weight excluding hydrogens is 342 g/mol. The predicted octanol–water partition coefficient (Wildman–Crippen LogP) is 3.62. The van der Waals surface area contributed by atoms with Gasteiger partial charge in [-0.3, -0.25) is 10.1 Å². The lowest BCUT2D eigenvalue weighted by atomic mass is 10.2. The van der Waals surface area contributed by atoms with Crippen molar-refractivity contribution in [2.24, 2.45) is 0 Å². The number of alkyl halides is 1. The molecule has 7 nitrogen and oxygen atoms in total. The number of hydrogen-bond acceptors (Lipinski definition) is 5. The Morgan fingerprint density at radius 1 is 1.48 bits per heavy atom. The van der Waals surface area contributed by atoms with Crippen LogP contribution in [0.1, 0.15) is 26.5 Å². The average molecular weight is 356 g/mol. The third-order valence-electron chi connectivity index (χ3n) is 2.64. The fourth-order valence-corrected chi connectivity index (χ4v) is 2.24. The Kier molecular flexibility index (Phi) is 3.99. The highest BCUT2D eigenvalue weighted by molar-refractivity contribution is 9.08. The molecule has 0 unspecified atom stereocenters. The number of rotatable bonds is 2. The zero-order chi connectivity index (χ0) is 15.8. The van der Waals surface area contributed by atoms with E-state index < -0.39 is 16.6 Å². The van der Waals surface area contributed by atoms with Crippen LogP contribution in [-0.2, 0) is 10.1 Å². The van der Waals surface area contributed by atoms with Crippen molar-refractivity contribution in [3.05, 3.63) is 34.0 Å². The maximum absolute atomic E-state index is 12.2. The lowest BCUT2D eigenvalue weighted by Crippen LogP contribution is -2.27. The normalized spacial score (nSPS) is 11.6. The van der Waals surface area contributed by atoms with Crippen LogP contribution >= 0.6 is 15.9 Å². The van der Waals surface area contributed by atoms with Gasteiger partial charge in [-0.1, -0.05) is 15.9 Å². The van der Waals surface area contributed by atoms with Gasteiger partial charge in [-0.2, -0.15) is 9.78 Å². The van der Waals surface area contributed by atoms with Gasteiger partial charge in [0.15, 0.2) is 0 Å². The van der Waals surface area contributed by atoms with Gasteiger partial charge >= 0.3 is 6.09 Å². The molecule has 0 saturated carbocycles. The number of nitrogens with zero attached hydrogens (tertiary/aromatic N) is 3. The first-order chi connectivity index (χ1) is 9.73. The molecule has 1 aromatic carbocycles. The topological polar surface area (TPSA) is 87.3 Å². The molecule has 0 bridgehead atoms. The zero-order valence-corrected chi connectivity index (χ0v) is 13.4. The minimum Gasteiger partial charge on any atom is -0.442 e. The zero-order valence-electron chi connectivity index (χ0n) is 11.8. The molecule has 0 amide bonds. The van der Waals surface area contributed by atoms with Crippen molar-refractivity contribution in [2.45, 2.75) is 31.7 Å². The monoisotopic (exact) mass is 355 g/mol. The van der Waals surface area contributed by atoms with E-state index in [9.17, 15) is 14.9 Å². The summed E-state index contributed by atoms with van der Waals surface area (Å²) in [6.07, 6.45) is -0.666. The number of benzene rings is 1. The van der Waals surface area contributed by atoms with Crippen molar-refractivity contribution >= 4 is 38.6 Å². The van der Waals surface area contributed by atoms with Gasteiger partial charge in [0.25, 0.3) is 5.69 Å². The van der Waals surface area contributed by atoms with Crippen LogP contribution in [-0.4, -0.2) is 26.4 Å². The highest BCUT2D eigenvalue weighted by atomic mass is 79.9. The summed E-state index contributed by atoms with van der Waals surface area (Å²) in [5.41, 5.74) is 0.192. The van der Waals surface area contributed by atoms with E-state index in [1.165, 1.54) is 12.1 Å². The second kappa shape index (κ2) is 5.44. The third-order valence-corrected chi connectivity index (χ3v) is 3.18. The Balaban J connectivity index is 2.59. The molecule has 0 radical (unpaired) electrons. The van der Waals surface area contributed by atoms with Gasteiger partial charge < -0.3 is 4.74 Å². The Labute approximate surface area is 129 Å². The Bertz CT molecular complexity index is 718. The number of halogens is 1. The molecule has 21 heavy (non-hydrogen) atoms. The summed E-state index contributed by atoms with van der Waals surface area (Å²) < 4.78 is 6.33. The van der Waals surface area contributed by atoms with Crippen LogP contribution < -0.4 is 0 Å². The van der Waals surface area contributed by atoms with Gasteiger partial charge in [-0.15, -0.1) is 0 Å². The first-order valence-electron chi connectivity index (χ1n) is 6.18. The van der Waals surface area contributed by atoms with Crippen molar-refractivity contribution in [1.82, 2.24) is 9.78 Å². The van der Waals surface area contributed by atoms with E-state index in [1.807, 2.05) is 0 Å². The smallest absolute Gasteiger partial charge is 0.435 e. The van der Waals surface area contributed by atoms with Crippen molar-refractivity contribution in [3.63, 3.8) is 0 Å². The van der Waals surface area contributed by atoms with E-state index in [2.05, 4.69) is 21.0 Å². The molecule has 112 valence electrons. The van der Waals surface area contributed by atoms with Crippen molar-refractivity contribution in [3.8, 4) is 0 Å². The molecule has 0 aliphatic heterocycles. The highest BCUT2D eigenvalue weighted by Crippen LogP contribution is 2.26. The fraction of sp³-hybridized carbons (Fsp3) is 0.385. The molecule has 0 spiro atoms. The number of fused-ring (bicyclic) bond motifs is 1. The van der Waals surface area contributed by atoms with E-state index in [0.29, 0.717) is 21.9 Å². The molecule has 1 aromatic heterocycles. The van der Waals surface area contributed by atoms with E-state index >= 15 is 0 Å². The van der Waals surface area contributed by atoms with E-state index in [-0.39, 0.29) is 5.69 Å². The van der Waals surface area contributed by atoms with Gasteiger partial charge in [0.05, 0.1) is 16.1 Å². The van der Waals surface area contributed by atoms with Crippen LogP contribution in [0.2, 0.25) is 0 Å². The number of nitro groups is 1. The molecule has 0 saturated heterocycles. The number of non-ortho nitro benzene ring substituents is 1. The van der Waals surface area contributed by atoms with Crippen molar-refractivity contribution in [2.75, 3.05) is 0 Å². The standard InChI is InChI=1S/C13H14BrN3O4/c1-13(2,3)21-12(18)16-11-6-8(17(19)20)4-5-9(11)10(7-14)15-16/h4-6H,7H2,1-3H3. The molecule has 0 aliphatic carbocycles. The van der Waals surface area contributed by atoms with Crippen molar-refractivity contribution in [1.29, 1.82) is 0 Å². The summed E-state index contributed by atoms with van der Waals surface area (Å²) in [5, 5.41) is 16.1. The number of nitro benzene ring substituents is 1. The molecule has 2 rings (SSSR count). The molecule has 0 fully saturated rings. The second-order valence-electron chi connectivity index (χ2n) is 5.43. The van der Waals surface area contributed by atoms with E-state index in [0.717, 1.165) is 4.68 Å². The van der Waals surface area contributed by atoms with Gasteiger partial charge in [-0.05, 0) is 26.8 Å². The van der Waals surface area contributed by atoms with Crippen LogP contribution in [0.25, 0.3) is 10.9 Å². The van der Waals surface area contributed by atoms with Gasteiger partial charge in [0.1, 0.15) is 5.60 Å². The Morgan fingerprint density at radius 2 is 2.14 bits per heavy atom. The number of ether oxygens (including phenoxy) is 1. The summed E-state index contributed by atoms with van der Waals surface area (Å²) in [7, 11) is 0. The summed E-state index contributed by atoms with van der Waals surface area (Å²) in [5.74, 6) is 0. The average Bonchev–Trinajstić information content (AvgIpc) is 2.74. The largest absolute Gasteiger partial charge is 0.442 e. The van der Waals surface area contributed by atoms with Crippen LogP contribution in [0.15, 0.2) is 18.2 Å². The molecule has 0 atom stereocenters. The Hall–Kier alpha value is -1.96. The quantitative estimate of drug-likeness (QED) is 0.466. The maximum Gasteiger partial charge on any atom is 0.435 e. The van der Waals surface area contributed by atoms with Crippen molar-refractivity contribution < 1.29 is 14.5 Å². The predicted molar refractivity (Wildman–Crippen MR) is 80.7 cm³/mol. The van der Waals surface area contributed by atoms with E-state index in [1.54, 1.807) is 26.8 Å². The molecule has 1 heterocycles. The minimum absolute atomic E-state index is 0.103. The van der Waals surface area contributed by atoms with Crippen LogP contribution in [0, 0.1) is 10.1 Å².